The molecule has 0 aliphatic heterocycles. The highest BCUT2D eigenvalue weighted by molar-refractivity contribution is 5.80. The molecule has 0 radical (unpaired) electrons. The standard InChI is InChI=1S/C22H28N4O2/c1-16(2)21-14-20(28-26-21)15-24-22(23-12-11-19-10-7-13-27-19)25-17(3)18-8-5-4-6-9-18/h4-10,13-14,16-17H,11-12,15H2,1-3H3,(H2,23,24,25). The van der Waals surface area contributed by atoms with Crippen molar-refractivity contribution in [2.24, 2.45) is 4.99 Å². The maximum Gasteiger partial charge on any atom is 0.192 e. The Balaban J connectivity index is 1.65. The van der Waals surface area contributed by atoms with Gasteiger partial charge in [-0.25, -0.2) is 4.99 Å². The Morgan fingerprint density at radius 3 is 2.57 bits per heavy atom. The van der Waals surface area contributed by atoms with Crippen molar-refractivity contribution >= 4 is 5.96 Å². The van der Waals surface area contributed by atoms with Crippen molar-refractivity contribution in [3.05, 3.63) is 77.6 Å². The molecule has 0 spiro atoms. The lowest BCUT2D eigenvalue weighted by Crippen LogP contribution is -2.39. The normalized spacial score (nSPS) is 12.9. The predicted molar refractivity (Wildman–Crippen MR) is 110 cm³/mol. The maximum absolute atomic E-state index is 5.40. The van der Waals surface area contributed by atoms with Crippen LogP contribution in [0.5, 0.6) is 0 Å². The van der Waals surface area contributed by atoms with Gasteiger partial charge < -0.3 is 19.6 Å². The fraction of sp³-hybridized carbons (Fsp3) is 0.364. The predicted octanol–water partition coefficient (Wildman–Crippen LogP) is 4.43. The first-order valence-corrected chi connectivity index (χ1v) is 9.69. The van der Waals surface area contributed by atoms with Gasteiger partial charge in [0.1, 0.15) is 12.3 Å². The topological polar surface area (TPSA) is 75.6 Å². The monoisotopic (exact) mass is 380 g/mol. The van der Waals surface area contributed by atoms with Crippen LogP contribution in [-0.4, -0.2) is 17.7 Å². The van der Waals surface area contributed by atoms with E-state index in [9.17, 15) is 0 Å². The Labute approximate surface area is 166 Å². The molecule has 0 saturated carbocycles. The molecule has 0 aliphatic carbocycles. The largest absolute Gasteiger partial charge is 0.469 e. The summed E-state index contributed by atoms with van der Waals surface area (Å²) in [5.74, 6) is 2.76. The molecule has 28 heavy (non-hydrogen) atoms. The summed E-state index contributed by atoms with van der Waals surface area (Å²) in [6.45, 7) is 7.45. The van der Waals surface area contributed by atoms with Gasteiger partial charge in [-0.15, -0.1) is 0 Å². The van der Waals surface area contributed by atoms with Gasteiger partial charge in [0.15, 0.2) is 11.7 Å². The third-order valence-corrected chi connectivity index (χ3v) is 4.46. The van der Waals surface area contributed by atoms with E-state index in [0.717, 1.165) is 29.6 Å². The summed E-state index contributed by atoms with van der Waals surface area (Å²) in [4.78, 5) is 4.68. The molecule has 0 amide bonds. The zero-order valence-corrected chi connectivity index (χ0v) is 16.7. The van der Waals surface area contributed by atoms with Gasteiger partial charge in [-0.05, 0) is 30.5 Å². The van der Waals surface area contributed by atoms with Crippen molar-refractivity contribution in [2.75, 3.05) is 6.54 Å². The Kier molecular flexibility index (Phi) is 6.89. The van der Waals surface area contributed by atoms with E-state index in [2.05, 4.69) is 53.7 Å². The average molecular weight is 380 g/mol. The average Bonchev–Trinajstić information content (AvgIpc) is 3.38. The quantitative estimate of drug-likeness (QED) is 0.447. The van der Waals surface area contributed by atoms with E-state index in [1.54, 1.807) is 6.26 Å². The van der Waals surface area contributed by atoms with Crippen LogP contribution in [0, 0.1) is 0 Å². The van der Waals surface area contributed by atoms with E-state index in [-0.39, 0.29) is 6.04 Å². The van der Waals surface area contributed by atoms with E-state index in [4.69, 9.17) is 8.94 Å². The fourth-order valence-corrected chi connectivity index (χ4v) is 2.77. The Bertz CT molecular complexity index is 854. The smallest absolute Gasteiger partial charge is 0.192 e. The second-order valence-electron chi connectivity index (χ2n) is 7.07. The number of hydrogen-bond donors (Lipinski definition) is 2. The molecule has 2 N–H and O–H groups in total. The number of rotatable bonds is 8. The lowest BCUT2D eigenvalue weighted by atomic mass is 10.1. The second kappa shape index (κ2) is 9.78. The molecule has 0 saturated heterocycles. The van der Waals surface area contributed by atoms with Crippen LogP contribution in [-0.2, 0) is 13.0 Å². The lowest BCUT2D eigenvalue weighted by molar-refractivity contribution is 0.376. The van der Waals surface area contributed by atoms with Crippen LogP contribution in [0.4, 0.5) is 0 Å². The minimum Gasteiger partial charge on any atom is -0.469 e. The van der Waals surface area contributed by atoms with Crippen LogP contribution in [0.3, 0.4) is 0 Å². The van der Waals surface area contributed by atoms with Gasteiger partial charge in [0.05, 0.1) is 18.0 Å². The van der Waals surface area contributed by atoms with Crippen LogP contribution >= 0.6 is 0 Å². The molecule has 3 aromatic rings. The summed E-state index contributed by atoms with van der Waals surface area (Å²) in [6, 6.07) is 16.3. The van der Waals surface area contributed by atoms with Crippen LogP contribution in [0.2, 0.25) is 0 Å². The number of aromatic nitrogens is 1. The summed E-state index contributed by atoms with van der Waals surface area (Å²) in [5, 5.41) is 10.9. The van der Waals surface area contributed by atoms with E-state index in [1.807, 2.05) is 36.4 Å². The Morgan fingerprint density at radius 2 is 1.89 bits per heavy atom. The van der Waals surface area contributed by atoms with Crippen LogP contribution in [0.1, 0.15) is 55.5 Å². The van der Waals surface area contributed by atoms with Gasteiger partial charge in [-0.3, -0.25) is 0 Å². The summed E-state index contributed by atoms with van der Waals surface area (Å²) in [6.07, 6.45) is 2.48. The number of furan rings is 1. The van der Waals surface area contributed by atoms with Gasteiger partial charge in [0.25, 0.3) is 0 Å². The van der Waals surface area contributed by atoms with E-state index >= 15 is 0 Å². The summed E-state index contributed by atoms with van der Waals surface area (Å²) in [7, 11) is 0. The summed E-state index contributed by atoms with van der Waals surface area (Å²) in [5.41, 5.74) is 2.15. The first kappa shape index (κ1) is 19.7. The van der Waals surface area contributed by atoms with Crippen molar-refractivity contribution in [1.29, 1.82) is 0 Å². The number of hydrogen-bond acceptors (Lipinski definition) is 4. The van der Waals surface area contributed by atoms with Crippen LogP contribution < -0.4 is 10.6 Å². The van der Waals surface area contributed by atoms with Crippen LogP contribution in [0.15, 0.2) is 68.7 Å². The van der Waals surface area contributed by atoms with Crippen LogP contribution in [0.25, 0.3) is 0 Å². The summed E-state index contributed by atoms with van der Waals surface area (Å²) < 4.78 is 10.8. The highest BCUT2D eigenvalue weighted by atomic mass is 16.5. The number of nitrogens with one attached hydrogen (secondary N) is 2. The first-order valence-electron chi connectivity index (χ1n) is 9.69. The molecule has 6 nitrogen and oxygen atoms in total. The van der Waals surface area contributed by atoms with Crippen molar-refractivity contribution in [3.63, 3.8) is 0 Å². The number of guanidine groups is 1. The van der Waals surface area contributed by atoms with Gasteiger partial charge in [0, 0.05) is 19.0 Å². The van der Waals surface area contributed by atoms with Crippen molar-refractivity contribution in [3.8, 4) is 0 Å². The van der Waals surface area contributed by atoms with E-state index in [0.29, 0.717) is 19.0 Å². The summed E-state index contributed by atoms with van der Waals surface area (Å²) >= 11 is 0. The Morgan fingerprint density at radius 1 is 1.07 bits per heavy atom. The van der Waals surface area contributed by atoms with Crippen molar-refractivity contribution in [1.82, 2.24) is 15.8 Å². The molecule has 2 heterocycles. The zero-order chi connectivity index (χ0) is 19.8. The van der Waals surface area contributed by atoms with Gasteiger partial charge >= 0.3 is 0 Å². The van der Waals surface area contributed by atoms with E-state index in [1.165, 1.54) is 5.56 Å². The fourth-order valence-electron chi connectivity index (χ4n) is 2.77. The minimum absolute atomic E-state index is 0.122. The third-order valence-electron chi connectivity index (χ3n) is 4.46. The molecule has 6 heteroatoms. The molecule has 1 unspecified atom stereocenters. The number of nitrogens with zero attached hydrogens (tertiary/aromatic N) is 2. The third kappa shape index (κ3) is 5.74. The highest BCUT2D eigenvalue weighted by Gasteiger charge is 2.10. The van der Waals surface area contributed by atoms with Gasteiger partial charge in [0.2, 0.25) is 0 Å². The lowest BCUT2D eigenvalue weighted by Gasteiger charge is -2.18. The SMILES string of the molecule is CC(C)c1cc(CN=C(NCCc2ccco2)NC(C)c2ccccc2)on1. The molecule has 3 rings (SSSR count). The Hall–Kier alpha value is -3.02. The highest BCUT2D eigenvalue weighted by Crippen LogP contribution is 2.15. The molecule has 1 aromatic carbocycles. The molecule has 0 aliphatic rings. The molecule has 2 aromatic heterocycles. The van der Waals surface area contributed by atoms with Crippen molar-refractivity contribution in [2.45, 2.75) is 45.7 Å². The minimum atomic E-state index is 0.122. The molecule has 0 bridgehead atoms. The molecule has 0 fully saturated rings. The van der Waals surface area contributed by atoms with Crippen molar-refractivity contribution < 1.29 is 8.94 Å². The second-order valence-corrected chi connectivity index (χ2v) is 7.07. The number of aliphatic imine (C=N–C) groups is 1. The van der Waals surface area contributed by atoms with Gasteiger partial charge in [-0.2, -0.15) is 0 Å². The maximum atomic E-state index is 5.40. The zero-order valence-electron chi connectivity index (χ0n) is 16.7. The molecular formula is C22H28N4O2. The van der Waals surface area contributed by atoms with E-state index < -0.39 is 0 Å². The molecule has 1 atom stereocenters. The first-order chi connectivity index (χ1) is 13.6. The van der Waals surface area contributed by atoms with Gasteiger partial charge in [-0.1, -0.05) is 49.3 Å². The molecule has 148 valence electrons. The molecular weight excluding hydrogens is 352 g/mol. The number of benzene rings is 1.